The van der Waals surface area contributed by atoms with Gasteiger partial charge in [-0.1, -0.05) is 13.8 Å². The molecule has 0 fully saturated rings. The number of likely N-dealkylation sites (N-methyl/N-ethyl adjacent to an activating group) is 1. The third kappa shape index (κ3) is 5.06. The van der Waals surface area contributed by atoms with Crippen molar-refractivity contribution in [2.45, 2.75) is 18.1 Å². The van der Waals surface area contributed by atoms with Crippen LogP contribution >= 0.6 is 11.3 Å². The smallest absolute Gasteiger partial charge is 0.345 e. The molecule has 0 aliphatic heterocycles. The second-order valence-corrected chi connectivity index (χ2v) is 8.73. The van der Waals surface area contributed by atoms with Gasteiger partial charge in [-0.2, -0.15) is 4.31 Å². The van der Waals surface area contributed by atoms with E-state index in [1.54, 1.807) is 0 Å². The van der Waals surface area contributed by atoms with Gasteiger partial charge in [0.2, 0.25) is 0 Å². The Hall–Kier alpha value is -0.960. The van der Waals surface area contributed by atoms with Gasteiger partial charge in [0.25, 0.3) is 10.0 Å². The summed E-state index contributed by atoms with van der Waals surface area (Å²) in [5.41, 5.74) is 0. The topological polar surface area (TPSA) is 77.9 Å². The van der Waals surface area contributed by atoms with Crippen LogP contribution in [-0.2, 0) is 10.0 Å². The Morgan fingerprint density at radius 3 is 2.33 bits per heavy atom. The van der Waals surface area contributed by atoms with Gasteiger partial charge in [-0.15, -0.1) is 11.3 Å². The number of nitrogens with zero attached hydrogens (tertiary/aromatic N) is 2. The molecular formula is C13H22N2O4S2. The molecule has 6 nitrogen and oxygen atoms in total. The minimum atomic E-state index is -3.64. The van der Waals surface area contributed by atoms with Crippen molar-refractivity contribution in [2.24, 2.45) is 5.92 Å². The van der Waals surface area contributed by atoms with Crippen LogP contribution in [0.5, 0.6) is 0 Å². The summed E-state index contributed by atoms with van der Waals surface area (Å²) >= 11 is 0.795. The lowest BCUT2D eigenvalue weighted by atomic mass is 10.2. The van der Waals surface area contributed by atoms with E-state index in [4.69, 9.17) is 5.11 Å². The van der Waals surface area contributed by atoms with Crippen molar-refractivity contribution >= 4 is 27.3 Å². The van der Waals surface area contributed by atoms with E-state index in [1.165, 1.54) is 16.4 Å². The zero-order valence-electron chi connectivity index (χ0n) is 12.7. The molecule has 0 atom stereocenters. The van der Waals surface area contributed by atoms with Gasteiger partial charge in [-0.05, 0) is 32.1 Å². The van der Waals surface area contributed by atoms with E-state index in [0.29, 0.717) is 19.6 Å². The molecule has 0 aromatic carbocycles. The molecule has 0 saturated heterocycles. The molecule has 8 heteroatoms. The molecule has 1 aromatic rings. The average molecular weight is 334 g/mol. The molecule has 0 aliphatic rings. The van der Waals surface area contributed by atoms with Crippen LogP contribution in [0.3, 0.4) is 0 Å². The van der Waals surface area contributed by atoms with Crippen LogP contribution in [0.15, 0.2) is 16.3 Å². The Balaban J connectivity index is 3.03. The van der Waals surface area contributed by atoms with Gasteiger partial charge >= 0.3 is 5.97 Å². The van der Waals surface area contributed by atoms with Crippen molar-refractivity contribution in [1.29, 1.82) is 0 Å². The fourth-order valence-corrected chi connectivity index (χ4v) is 4.62. The van der Waals surface area contributed by atoms with Gasteiger partial charge < -0.3 is 10.0 Å². The zero-order chi connectivity index (χ0) is 16.2. The predicted molar refractivity (Wildman–Crippen MR) is 83.4 cm³/mol. The first-order chi connectivity index (χ1) is 9.64. The first kappa shape index (κ1) is 18.1. The lowest BCUT2D eigenvalue weighted by Crippen LogP contribution is -2.38. The Bertz CT molecular complexity index is 579. The highest BCUT2D eigenvalue weighted by molar-refractivity contribution is 7.91. The molecule has 1 rings (SSSR count). The van der Waals surface area contributed by atoms with E-state index in [9.17, 15) is 13.2 Å². The minimum Gasteiger partial charge on any atom is -0.477 e. The highest BCUT2D eigenvalue weighted by atomic mass is 32.2. The van der Waals surface area contributed by atoms with E-state index >= 15 is 0 Å². The van der Waals surface area contributed by atoms with Crippen molar-refractivity contribution in [3.05, 3.63) is 17.0 Å². The molecule has 1 aromatic heterocycles. The van der Waals surface area contributed by atoms with E-state index in [1.807, 2.05) is 32.8 Å². The first-order valence-corrected chi connectivity index (χ1v) is 8.88. The van der Waals surface area contributed by atoms with E-state index < -0.39 is 16.0 Å². The van der Waals surface area contributed by atoms with Crippen LogP contribution in [0, 0.1) is 5.92 Å². The third-order valence-corrected chi connectivity index (χ3v) is 6.16. The first-order valence-electron chi connectivity index (χ1n) is 6.62. The summed E-state index contributed by atoms with van der Waals surface area (Å²) in [4.78, 5) is 12.8. The fourth-order valence-electron chi connectivity index (χ4n) is 1.73. The molecular weight excluding hydrogens is 312 g/mol. The molecule has 0 aliphatic carbocycles. The predicted octanol–water partition coefficient (Wildman–Crippen LogP) is 1.65. The molecule has 21 heavy (non-hydrogen) atoms. The second-order valence-electron chi connectivity index (χ2n) is 5.48. The third-order valence-electron chi connectivity index (χ3n) is 2.75. The highest BCUT2D eigenvalue weighted by Gasteiger charge is 2.27. The van der Waals surface area contributed by atoms with Crippen LogP contribution in [0.1, 0.15) is 23.5 Å². The zero-order valence-corrected chi connectivity index (χ0v) is 14.4. The Labute approximate surface area is 130 Å². The number of sulfonamides is 1. The van der Waals surface area contributed by atoms with Crippen LogP contribution < -0.4 is 0 Å². The van der Waals surface area contributed by atoms with E-state index in [2.05, 4.69) is 0 Å². The standard InChI is InChI=1S/C13H22N2O4S2/c1-10(2)9-15(8-7-14(3)4)21(18,19)12-6-5-11(20-12)13(16)17/h5-6,10H,7-9H2,1-4H3,(H,16,17). The minimum absolute atomic E-state index is 0.0330. The van der Waals surface area contributed by atoms with Gasteiger partial charge in [-0.3, -0.25) is 0 Å². The lowest BCUT2D eigenvalue weighted by molar-refractivity contribution is 0.0702. The summed E-state index contributed by atoms with van der Waals surface area (Å²) in [6.45, 7) is 5.32. The van der Waals surface area contributed by atoms with Crippen molar-refractivity contribution in [2.75, 3.05) is 33.7 Å². The molecule has 0 unspecified atom stereocenters. The number of carboxylic acids is 1. The molecule has 0 spiro atoms. The molecule has 0 bridgehead atoms. The summed E-state index contributed by atoms with van der Waals surface area (Å²) in [6, 6.07) is 2.70. The number of hydrogen-bond donors (Lipinski definition) is 1. The molecule has 1 N–H and O–H groups in total. The summed E-state index contributed by atoms with van der Waals surface area (Å²) in [5, 5.41) is 8.92. The van der Waals surface area contributed by atoms with Gasteiger partial charge in [0.1, 0.15) is 9.09 Å². The Morgan fingerprint density at radius 2 is 1.90 bits per heavy atom. The number of rotatable bonds is 8. The molecule has 120 valence electrons. The quantitative estimate of drug-likeness (QED) is 0.782. The number of aromatic carboxylic acids is 1. The van der Waals surface area contributed by atoms with Crippen LogP contribution in [0.4, 0.5) is 0 Å². The lowest BCUT2D eigenvalue weighted by Gasteiger charge is -2.24. The normalized spacial score (nSPS) is 12.5. The summed E-state index contributed by atoms with van der Waals surface area (Å²) in [7, 11) is 0.123. The van der Waals surface area contributed by atoms with E-state index in [-0.39, 0.29) is 15.0 Å². The summed E-state index contributed by atoms with van der Waals surface area (Å²) < 4.78 is 26.8. The van der Waals surface area contributed by atoms with Gasteiger partial charge in [0.15, 0.2) is 0 Å². The van der Waals surface area contributed by atoms with Gasteiger partial charge in [0, 0.05) is 19.6 Å². The second kappa shape index (κ2) is 7.35. The fraction of sp³-hybridized carbons (Fsp3) is 0.615. The molecule has 1 heterocycles. The number of carboxylic acid groups (broad SMARTS) is 1. The average Bonchev–Trinajstić information content (AvgIpc) is 2.83. The maximum Gasteiger partial charge on any atom is 0.345 e. The molecule has 0 amide bonds. The van der Waals surface area contributed by atoms with Gasteiger partial charge in [-0.25, -0.2) is 13.2 Å². The SMILES string of the molecule is CC(C)CN(CCN(C)C)S(=O)(=O)c1ccc(C(=O)O)s1. The maximum atomic E-state index is 12.6. The Morgan fingerprint density at radius 1 is 1.29 bits per heavy atom. The van der Waals surface area contributed by atoms with E-state index in [0.717, 1.165) is 11.3 Å². The number of carbonyl (C=O) groups is 1. The van der Waals surface area contributed by atoms with Crippen LogP contribution in [-0.4, -0.2) is 62.4 Å². The van der Waals surface area contributed by atoms with Crippen LogP contribution in [0.25, 0.3) is 0 Å². The van der Waals surface area contributed by atoms with Crippen molar-refractivity contribution in [3.63, 3.8) is 0 Å². The maximum absolute atomic E-state index is 12.6. The molecule has 0 saturated carbocycles. The van der Waals surface area contributed by atoms with Crippen LogP contribution in [0.2, 0.25) is 0 Å². The summed E-state index contributed by atoms with van der Waals surface area (Å²) in [6.07, 6.45) is 0. The number of hydrogen-bond acceptors (Lipinski definition) is 5. The highest BCUT2D eigenvalue weighted by Crippen LogP contribution is 2.25. The monoisotopic (exact) mass is 334 g/mol. The number of thiophene rings is 1. The summed E-state index contributed by atoms with van der Waals surface area (Å²) in [5.74, 6) is -0.911. The molecule has 0 radical (unpaired) electrons. The van der Waals surface area contributed by atoms with Gasteiger partial charge in [0.05, 0.1) is 0 Å². The van der Waals surface area contributed by atoms with Crippen molar-refractivity contribution in [1.82, 2.24) is 9.21 Å². The Kier molecular flexibility index (Phi) is 6.33. The van der Waals surface area contributed by atoms with Crippen molar-refractivity contribution in [3.8, 4) is 0 Å². The van der Waals surface area contributed by atoms with Crippen molar-refractivity contribution < 1.29 is 18.3 Å². The largest absolute Gasteiger partial charge is 0.477 e.